The van der Waals surface area contributed by atoms with E-state index in [0.29, 0.717) is 0 Å². The third kappa shape index (κ3) is 4.69. The lowest BCUT2D eigenvalue weighted by molar-refractivity contribution is 0.383. The lowest BCUT2D eigenvalue weighted by Crippen LogP contribution is -2.35. The number of fused-ring (bicyclic) bond motifs is 4. The number of benzene rings is 7. The molecule has 1 unspecified atom stereocenters. The molecular weight excluding hydrogens is 587 g/mol. The molecule has 0 fully saturated rings. The monoisotopic (exact) mass is 617 g/mol. The summed E-state index contributed by atoms with van der Waals surface area (Å²) in [6.45, 7) is 0. The third-order valence-corrected chi connectivity index (χ3v) is 9.35. The smallest absolute Gasteiger partial charge is 0.160 e. The first kappa shape index (κ1) is 28.0. The summed E-state index contributed by atoms with van der Waals surface area (Å²) in [7, 11) is 2.09. The fraction of sp³-hybridized carbons (Fsp3) is 0.0455. The van der Waals surface area contributed by atoms with Crippen LogP contribution in [-0.2, 0) is 0 Å². The van der Waals surface area contributed by atoms with Crippen LogP contribution in [0.15, 0.2) is 178 Å². The van der Waals surface area contributed by atoms with Gasteiger partial charge in [0.05, 0.1) is 0 Å². The average Bonchev–Trinajstić information content (AvgIpc) is 3.55. The quantitative estimate of drug-likeness (QED) is 0.193. The summed E-state index contributed by atoms with van der Waals surface area (Å²) < 4.78 is 6.55. The molecule has 0 spiro atoms. The lowest BCUT2D eigenvalue weighted by Gasteiger charge is -2.33. The molecule has 48 heavy (non-hydrogen) atoms. The summed E-state index contributed by atoms with van der Waals surface area (Å²) >= 11 is 0. The largest absolute Gasteiger partial charge is 0.456 e. The molecule has 1 aliphatic heterocycles. The molecule has 2 heterocycles. The van der Waals surface area contributed by atoms with E-state index >= 15 is 0 Å². The van der Waals surface area contributed by atoms with Crippen molar-refractivity contribution in [2.75, 3.05) is 7.05 Å². The molecule has 0 amide bonds. The van der Waals surface area contributed by atoms with Gasteiger partial charge in [0.1, 0.15) is 23.2 Å². The summed E-state index contributed by atoms with van der Waals surface area (Å²) in [6.07, 6.45) is -0.258. The predicted octanol–water partition coefficient (Wildman–Crippen LogP) is 10.9. The van der Waals surface area contributed by atoms with E-state index in [0.717, 1.165) is 72.2 Å². The van der Waals surface area contributed by atoms with Crippen LogP contribution in [0.5, 0.6) is 0 Å². The molecule has 1 atom stereocenters. The molecule has 0 N–H and O–H groups in total. The van der Waals surface area contributed by atoms with E-state index in [2.05, 4.69) is 164 Å². The van der Waals surface area contributed by atoms with E-state index in [-0.39, 0.29) is 6.17 Å². The maximum atomic E-state index is 6.55. The molecule has 0 aliphatic carbocycles. The minimum Gasteiger partial charge on any atom is -0.456 e. The Morgan fingerprint density at radius 2 is 1.06 bits per heavy atom. The second-order valence-corrected chi connectivity index (χ2v) is 12.2. The van der Waals surface area contributed by atoms with Gasteiger partial charge in [-0.05, 0) is 50.7 Å². The number of amidine groups is 2. The maximum absolute atomic E-state index is 6.55. The normalized spacial score (nSPS) is 14.8. The van der Waals surface area contributed by atoms with Gasteiger partial charge < -0.3 is 9.32 Å². The van der Waals surface area contributed by atoms with Crippen molar-refractivity contribution in [1.29, 1.82) is 0 Å². The van der Waals surface area contributed by atoms with Crippen LogP contribution in [0.4, 0.5) is 0 Å². The zero-order chi connectivity index (χ0) is 32.0. The first-order valence-electron chi connectivity index (χ1n) is 16.3. The highest BCUT2D eigenvalue weighted by Crippen LogP contribution is 2.40. The summed E-state index contributed by atoms with van der Waals surface area (Å²) in [5, 5.41) is 4.42. The van der Waals surface area contributed by atoms with Crippen molar-refractivity contribution in [1.82, 2.24) is 4.90 Å². The van der Waals surface area contributed by atoms with Crippen molar-refractivity contribution in [3.05, 3.63) is 180 Å². The van der Waals surface area contributed by atoms with Crippen molar-refractivity contribution in [2.45, 2.75) is 6.17 Å². The van der Waals surface area contributed by atoms with Crippen molar-refractivity contribution >= 4 is 44.4 Å². The lowest BCUT2D eigenvalue weighted by atomic mass is 9.95. The van der Waals surface area contributed by atoms with Crippen LogP contribution in [-0.4, -0.2) is 23.6 Å². The van der Waals surface area contributed by atoms with Gasteiger partial charge in [-0.25, -0.2) is 9.98 Å². The summed E-state index contributed by atoms with van der Waals surface area (Å²) in [6, 6.07) is 57.2. The summed E-state index contributed by atoms with van der Waals surface area (Å²) in [4.78, 5) is 12.8. The van der Waals surface area contributed by atoms with Crippen LogP contribution in [0.3, 0.4) is 0 Å². The highest BCUT2D eigenvalue weighted by Gasteiger charge is 2.29. The topological polar surface area (TPSA) is 41.1 Å². The number of aliphatic imine (C=N–C) groups is 2. The fourth-order valence-corrected chi connectivity index (χ4v) is 7.02. The molecule has 7 aromatic carbocycles. The standard InChI is InChI=1S/C44H31N3O/c1-47-43(33-16-6-3-7-17-33)45-42(36-21-10-18-31-15-8-9-19-34(31)36)46-44(47)37-22-12-24-39-41(37)40-35(20-11-23-38(40)48-39)32-27-25-30(26-28-32)29-13-4-2-5-14-29/h2-28,43H,1H3. The highest BCUT2D eigenvalue weighted by atomic mass is 16.3. The van der Waals surface area contributed by atoms with Crippen molar-refractivity contribution < 1.29 is 4.42 Å². The van der Waals surface area contributed by atoms with Gasteiger partial charge >= 0.3 is 0 Å². The molecule has 4 heteroatoms. The Bertz CT molecular complexity index is 2510. The first-order valence-corrected chi connectivity index (χ1v) is 16.3. The second kappa shape index (κ2) is 11.5. The van der Waals surface area contributed by atoms with Crippen molar-refractivity contribution in [2.24, 2.45) is 9.98 Å². The summed E-state index contributed by atoms with van der Waals surface area (Å²) in [5.41, 5.74) is 9.47. The number of rotatable bonds is 5. The van der Waals surface area contributed by atoms with Crippen LogP contribution in [0.2, 0.25) is 0 Å². The number of hydrogen-bond acceptors (Lipinski definition) is 4. The minimum absolute atomic E-state index is 0.258. The Hall–Kier alpha value is -6.26. The summed E-state index contributed by atoms with van der Waals surface area (Å²) in [5.74, 6) is 1.57. The molecule has 9 rings (SSSR count). The molecule has 1 aromatic heterocycles. The Labute approximate surface area is 279 Å². The molecular formula is C44H31N3O. The van der Waals surface area contributed by atoms with Gasteiger partial charge in [0, 0.05) is 28.9 Å². The van der Waals surface area contributed by atoms with Gasteiger partial charge in [-0.15, -0.1) is 0 Å². The van der Waals surface area contributed by atoms with Gasteiger partial charge in [-0.3, -0.25) is 0 Å². The molecule has 0 saturated heterocycles. The zero-order valence-corrected chi connectivity index (χ0v) is 26.4. The molecule has 1 aliphatic rings. The minimum atomic E-state index is -0.258. The Morgan fingerprint density at radius 3 is 1.83 bits per heavy atom. The van der Waals surface area contributed by atoms with Crippen LogP contribution < -0.4 is 0 Å². The Morgan fingerprint density at radius 1 is 0.500 bits per heavy atom. The Balaban J connectivity index is 1.25. The molecule has 4 nitrogen and oxygen atoms in total. The molecule has 0 saturated carbocycles. The molecule has 0 radical (unpaired) electrons. The third-order valence-electron chi connectivity index (χ3n) is 9.35. The maximum Gasteiger partial charge on any atom is 0.160 e. The van der Waals surface area contributed by atoms with E-state index in [1.807, 2.05) is 12.1 Å². The molecule has 8 aromatic rings. The van der Waals surface area contributed by atoms with Crippen LogP contribution >= 0.6 is 0 Å². The van der Waals surface area contributed by atoms with Crippen LogP contribution in [0.25, 0.3) is 55.0 Å². The number of hydrogen-bond donors (Lipinski definition) is 0. The van der Waals surface area contributed by atoms with E-state index in [1.54, 1.807) is 0 Å². The van der Waals surface area contributed by atoms with E-state index in [4.69, 9.17) is 14.4 Å². The van der Waals surface area contributed by atoms with Crippen LogP contribution in [0, 0.1) is 0 Å². The first-order chi connectivity index (χ1) is 23.7. The molecule has 228 valence electrons. The van der Waals surface area contributed by atoms with E-state index in [9.17, 15) is 0 Å². The number of nitrogens with zero attached hydrogens (tertiary/aromatic N) is 3. The molecule has 0 bridgehead atoms. The number of furan rings is 1. The van der Waals surface area contributed by atoms with Gasteiger partial charge in [0.25, 0.3) is 0 Å². The van der Waals surface area contributed by atoms with Gasteiger partial charge in [-0.2, -0.15) is 0 Å². The van der Waals surface area contributed by atoms with Gasteiger partial charge in [0.15, 0.2) is 5.84 Å². The van der Waals surface area contributed by atoms with Gasteiger partial charge in [0.2, 0.25) is 0 Å². The van der Waals surface area contributed by atoms with E-state index in [1.165, 1.54) is 11.1 Å². The predicted molar refractivity (Wildman–Crippen MR) is 199 cm³/mol. The highest BCUT2D eigenvalue weighted by molar-refractivity contribution is 6.25. The average molecular weight is 618 g/mol. The fourth-order valence-electron chi connectivity index (χ4n) is 7.02. The SMILES string of the molecule is CN1C(c2cccc3oc4cccc(-c5ccc(-c6ccccc6)cc5)c4c23)=NC(c2cccc3ccccc23)=NC1c1ccccc1. The van der Waals surface area contributed by atoms with Gasteiger partial charge in [-0.1, -0.05) is 152 Å². The van der Waals surface area contributed by atoms with Crippen molar-refractivity contribution in [3.8, 4) is 22.3 Å². The van der Waals surface area contributed by atoms with E-state index < -0.39 is 0 Å². The second-order valence-electron chi connectivity index (χ2n) is 12.2. The zero-order valence-electron chi connectivity index (χ0n) is 26.4. The van der Waals surface area contributed by atoms with Crippen LogP contribution in [0.1, 0.15) is 22.9 Å². The van der Waals surface area contributed by atoms with Crippen molar-refractivity contribution in [3.63, 3.8) is 0 Å². The Kier molecular flexibility index (Phi) is 6.72.